The minimum atomic E-state index is 0.785. The van der Waals surface area contributed by atoms with Crippen LogP contribution in [0.2, 0.25) is 0 Å². The fraction of sp³-hybridized carbons (Fsp3) is 0.643. The Hall–Kier alpha value is -1.45. The Labute approximate surface area is 110 Å². The Balaban J connectivity index is 2.15. The minimum absolute atomic E-state index is 0.785. The van der Waals surface area contributed by atoms with E-state index in [0.717, 1.165) is 42.9 Å². The lowest BCUT2D eigenvalue weighted by molar-refractivity contribution is 0.521. The molecular formula is C14H24N4. The number of aromatic nitrogens is 1. The van der Waals surface area contributed by atoms with Gasteiger partial charge in [-0.2, -0.15) is 0 Å². The molecule has 1 aliphatic heterocycles. The molecule has 1 aromatic rings. The van der Waals surface area contributed by atoms with E-state index in [1.54, 1.807) is 0 Å². The quantitative estimate of drug-likeness (QED) is 0.863. The predicted octanol–water partition coefficient (Wildman–Crippen LogP) is 2.72. The lowest BCUT2D eigenvalue weighted by Gasteiger charge is -2.22. The molecule has 0 amide bonds. The van der Waals surface area contributed by atoms with E-state index in [-0.39, 0.29) is 0 Å². The van der Waals surface area contributed by atoms with E-state index in [1.165, 1.54) is 19.3 Å². The number of pyridine rings is 1. The highest BCUT2D eigenvalue weighted by molar-refractivity contribution is 5.58. The van der Waals surface area contributed by atoms with E-state index in [0.29, 0.717) is 0 Å². The molecule has 18 heavy (non-hydrogen) atoms. The fourth-order valence-corrected chi connectivity index (χ4v) is 2.46. The first kappa shape index (κ1) is 13.0. The summed E-state index contributed by atoms with van der Waals surface area (Å²) in [5, 5.41) is 3.23. The van der Waals surface area contributed by atoms with E-state index in [4.69, 9.17) is 5.73 Å². The maximum absolute atomic E-state index is 5.96. The summed E-state index contributed by atoms with van der Waals surface area (Å²) >= 11 is 0. The van der Waals surface area contributed by atoms with E-state index in [2.05, 4.69) is 29.0 Å². The molecule has 1 aromatic heterocycles. The van der Waals surface area contributed by atoms with Crippen LogP contribution in [-0.2, 0) is 0 Å². The Kier molecular flexibility index (Phi) is 4.28. The van der Waals surface area contributed by atoms with Gasteiger partial charge in [-0.25, -0.2) is 4.98 Å². The van der Waals surface area contributed by atoms with Crippen LogP contribution in [0.1, 0.15) is 33.1 Å². The Morgan fingerprint density at radius 1 is 1.39 bits per heavy atom. The summed E-state index contributed by atoms with van der Waals surface area (Å²) in [4.78, 5) is 7.01. The summed E-state index contributed by atoms with van der Waals surface area (Å²) in [6.07, 6.45) is 3.81. The van der Waals surface area contributed by atoms with Crippen molar-refractivity contribution >= 4 is 17.3 Å². The van der Waals surface area contributed by atoms with Crippen molar-refractivity contribution < 1.29 is 0 Å². The lowest BCUT2D eigenvalue weighted by atomic mass is 10.0. The zero-order valence-electron chi connectivity index (χ0n) is 11.4. The summed E-state index contributed by atoms with van der Waals surface area (Å²) in [7, 11) is 0. The summed E-state index contributed by atoms with van der Waals surface area (Å²) in [5.74, 6) is 2.72. The maximum Gasteiger partial charge on any atom is 0.133 e. The third-order valence-electron chi connectivity index (χ3n) is 3.53. The highest BCUT2D eigenvalue weighted by atomic mass is 15.2. The molecule has 0 aliphatic carbocycles. The monoisotopic (exact) mass is 248 g/mol. The highest BCUT2D eigenvalue weighted by Gasteiger charge is 2.15. The number of hydrogen-bond donors (Lipinski definition) is 2. The van der Waals surface area contributed by atoms with Crippen LogP contribution in [0.25, 0.3) is 0 Å². The van der Waals surface area contributed by atoms with Crippen molar-refractivity contribution in [1.29, 1.82) is 0 Å². The van der Waals surface area contributed by atoms with Gasteiger partial charge in [0.2, 0.25) is 0 Å². The third kappa shape index (κ3) is 3.28. The van der Waals surface area contributed by atoms with Crippen LogP contribution >= 0.6 is 0 Å². The highest BCUT2D eigenvalue weighted by Crippen LogP contribution is 2.24. The van der Waals surface area contributed by atoms with Gasteiger partial charge >= 0.3 is 0 Å². The van der Waals surface area contributed by atoms with Gasteiger partial charge in [0.15, 0.2) is 0 Å². The second kappa shape index (κ2) is 5.94. The van der Waals surface area contributed by atoms with Gasteiger partial charge in [0.1, 0.15) is 11.6 Å². The predicted molar refractivity (Wildman–Crippen MR) is 78.0 cm³/mol. The Morgan fingerprint density at radius 3 is 3.00 bits per heavy atom. The van der Waals surface area contributed by atoms with Gasteiger partial charge in [0, 0.05) is 37.5 Å². The van der Waals surface area contributed by atoms with Crippen molar-refractivity contribution in [2.24, 2.45) is 5.92 Å². The lowest BCUT2D eigenvalue weighted by Crippen LogP contribution is -2.25. The molecule has 0 bridgehead atoms. The third-order valence-corrected chi connectivity index (χ3v) is 3.53. The van der Waals surface area contributed by atoms with Crippen LogP contribution in [0.15, 0.2) is 12.1 Å². The minimum Gasteiger partial charge on any atom is -0.399 e. The molecule has 4 nitrogen and oxygen atoms in total. The summed E-state index contributed by atoms with van der Waals surface area (Å²) in [5.41, 5.74) is 6.74. The molecule has 3 N–H and O–H groups in total. The molecule has 1 fully saturated rings. The number of hydrogen-bond acceptors (Lipinski definition) is 4. The van der Waals surface area contributed by atoms with Gasteiger partial charge < -0.3 is 16.0 Å². The van der Waals surface area contributed by atoms with Gasteiger partial charge in [-0.3, -0.25) is 0 Å². The molecule has 1 unspecified atom stereocenters. The van der Waals surface area contributed by atoms with Crippen LogP contribution in [0.3, 0.4) is 0 Å². The smallest absolute Gasteiger partial charge is 0.133 e. The van der Waals surface area contributed by atoms with E-state index >= 15 is 0 Å². The van der Waals surface area contributed by atoms with Gasteiger partial charge in [-0.05, 0) is 32.1 Å². The zero-order chi connectivity index (χ0) is 13.0. The Morgan fingerprint density at radius 2 is 2.22 bits per heavy atom. The number of anilines is 3. The average molecular weight is 248 g/mol. The second-order valence-corrected chi connectivity index (χ2v) is 5.20. The van der Waals surface area contributed by atoms with Crippen molar-refractivity contribution in [3.8, 4) is 0 Å². The molecule has 1 saturated heterocycles. The first-order chi connectivity index (χ1) is 8.69. The molecular weight excluding hydrogens is 224 g/mol. The topological polar surface area (TPSA) is 54.2 Å². The number of rotatable bonds is 3. The molecule has 2 heterocycles. The van der Waals surface area contributed by atoms with Crippen LogP contribution in [0, 0.1) is 5.92 Å². The Bertz CT molecular complexity index is 391. The first-order valence-electron chi connectivity index (χ1n) is 6.95. The molecule has 0 radical (unpaired) electrons. The van der Waals surface area contributed by atoms with Crippen LogP contribution < -0.4 is 16.0 Å². The number of nitrogens with zero attached hydrogens (tertiary/aromatic N) is 2. The average Bonchev–Trinajstić information content (AvgIpc) is 2.54. The largest absolute Gasteiger partial charge is 0.399 e. The molecule has 1 atom stereocenters. The van der Waals surface area contributed by atoms with Gasteiger partial charge in [0.25, 0.3) is 0 Å². The van der Waals surface area contributed by atoms with Gasteiger partial charge in [-0.1, -0.05) is 6.92 Å². The van der Waals surface area contributed by atoms with Crippen LogP contribution in [0.4, 0.5) is 17.3 Å². The van der Waals surface area contributed by atoms with E-state index in [9.17, 15) is 0 Å². The zero-order valence-corrected chi connectivity index (χ0v) is 11.4. The van der Waals surface area contributed by atoms with Crippen molar-refractivity contribution in [2.75, 3.05) is 35.6 Å². The van der Waals surface area contributed by atoms with E-state index < -0.39 is 0 Å². The van der Waals surface area contributed by atoms with Gasteiger partial charge in [-0.15, -0.1) is 0 Å². The summed E-state index contributed by atoms with van der Waals surface area (Å²) in [6, 6.07) is 3.88. The second-order valence-electron chi connectivity index (χ2n) is 5.20. The summed E-state index contributed by atoms with van der Waals surface area (Å²) < 4.78 is 0. The van der Waals surface area contributed by atoms with Crippen molar-refractivity contribution in [3.63, 3.8) is 0 Å². The molecule has 0 aromatic carbocycles. The fourth-order valence-electron chi connectivity index (χ4n) is 2.46. The molecule has 4 heteroatoms. The maximum atomic E-state index is 5.96. The van der Waals surface area contributed by atoms with Crippen molar-refractivity contribution in [2.45, 2.75) is 33.1 Å². The van der Waals surface area contributed by atoms with E-state index in [1.807, 2.05) is 12.1 Å². The standard InChI is InChI=1S/C14H24N4/c1-3-16-13-9-12(15)10-14(17-13)18-7-4-5-11(2)6-8-18/h9-11H,3-8H2,1-2H3,(H3,15,16,17). The molecule has 100 valence electrons. The van der Waals surface area contributed by atoms with Gasteiger partial charge in [0.05, 0.1) is 0 Å². The van der Waals surface area contributed by atoms with Crippen molar-refractivity contribution in [3.05, 3.63) is 12.1 Å². The van der Waals surface area contributed by atoms with Crippen molar-refractivity contribution in [1.82, 2.24) is 4.98 Å². The first-order valence-corrected chi connectivity index (χ1v) is 6.95. The number of nitrogens with two attached hydrogens (primary N) is 1. The normalized spacial score (nSPS) is 20.6. The number of nitrogens with one attached hydrogen (secondary N) is 1. The SMILES string of the molecule is CCNc1cc(N)cc(N2CCCC(C)CC2)n1. The molecule has 0 spiro atoms. The van der Waals surface area contributed by atoms with Crippen LogP contribution in [-0.4, -0.2) is 24.6 Å². The van der Waals surface area contributed by atoms with Crippen LogP contribution in [0.5, 0.6) is 0 Å². The molecule has 0 saturated carbocycles. The molecule has 2 rings (SSSR count). The molecule has 1 aliphatic rings. The number of nitrogen functional groups attached to an aromatic ring is 1. The summed E-state index contributed by atoms with van der Waals surface area (Å²) in [6.45, 7) is 7.45.